The Labute approximate surface area is 117 Å². The zero-order valence-corrected chi connectivity index (χ0v) is 12.1. The lowest BCUT2D eigenvalue weighted by Gasteiger charge is -2.05. The molecule has 6 heteroatoms. The van der Waals surface area contributed by atoms with E-state index in [1.807, 2.05) is 13.2 Å². The maximum absolute atomic E-state index is 12.6. The molecule has 0 atom stereocenters. The molecule has 1 aliphatic rings. The second-order valence-corrected chi connectivity index (χ2v) is 5.90. The molecule has 20 heavy (non-hydrogen) atoms. The molecule has 1 aliphatic carbocycles. The van der Waals surface area contributed by atoms with Gasteiger partial charge in [-0.15, -0.1) is 0 Å². The van der Waals surface area contributed by atoms with Gasteiger partial charge in [0.15, 0.2) is 0 Å². The SMILES string of the molecule is CC(C)c1nn(C)cc1-c1noc(C2(CCF)CC2)n1. The fraction of sp³-hybridized carbons (Fsp3) is 0.643. The molecule has 1 fully saturated rings. The number of hydrogen-bond donors (Lipinski definition) is 0. The van der Waals surface area contributed by atoms with E-state index in [0.29, 0.717) is 18.1 Å². The van der Waals surface area contributed by atoms with E-state index in [-0.39, 0.29) is 18.0 Å². The van der Waals surface area contributed by atoms with E-state index in [1.165, 1.54) is 0 Å². The highest BCUT2D eigenvalue weighted by Crippen LogP contribution is 2.50. The van der Waals surface area contributed by atoms with Crippen LogP contribution in [0.5, 0.6) is 0 Å². The first-order chi connectivity index (χ1) is 9.55. The first-order valence-electron chi connectivity index (χ1n) is 7.00. The molecule has 108 valence electrons. The van der Waals surface area contributed by atoms with E-state index in [9.17, 15) is 4.39 Å². The summed E-state index contributed by atoms with van der Waals surface area (Å²) in [7, 11) is 1.88. The van der Waals surface area contributed by atoms with Crippen molar-refractivity contribution >= 4 is 0 Å². The maximum Gasteiger partial charge on any atom is 0.233 e. The normalized spacial score (nSPS) is 16.9. The van der Waals surface area contributed by atoms with E-state index in [2.05, 4.69) is 29.1 Å². The van der Waals surface area contributed by atoms with Crippen LogP contribution in [-0.4, -0.2) is 26.6 Å². The highest BCUT2D eigenvalue weighted by molar-refractivity contribution is 5.57. The molecule has 0 aromatic carbocycles. The van der Waals surface area contributed by atoms with E-state index in [0.717, 1.165) is 24.1 Å². The number of aryl methyl sites for hydroxylation is 1. The number of aromatic nitrogens is 4. The maximum atomic E-state index is 12.6. The molecule has 2 aromatic heterocycles. The summed E-state index contributed by atoms with van der Waals surface area (Å²) in [5.41, 5.74) is 1.64. The predicted octanol–water partition coefficient (Wildman–Crippen LogP) is 2.98. The second kappa shape index (κ2) is 4.68. The Kier molecular flexibility index (Phi) is 3.11. The van der Waals surface area contributed by atoms with Crippen molar-refractivity contribution in [3.63, 3.8) is 0 Å². The average molecular weight is 278 g/mol. The minimum absolute atomic E-state index is 0.208. The molecule has 3 rings (SSSR count). The first-order valence-corrected chi connectivity index (χ1v) is 7.00. The molecule has 0 N–H and O–H groups in total. The van der Waals surface area contributed by atoms with Gasteiger partial charge in [0.05, 0.1) is 23.3 Å². The van der Waals surface area contributed by atoms with Crippen LogP contribution in [0.1, 0.15) is 50.6 Å². The lowest BCUT2D eigenvalue weighted by Crippen LogP contribution is -2.07. The van der Waals surface area contributed by atoms with Gasteiger partial charge in [-0.1, -0.05) is 19.0 Å². The molecule has 0 radical (unpaired) electrons. The van der Waals surface area contributed by atoms with Gasteiger partial charge in [-0.2, -0.15) is 10.1 Å². The van der Waals surface area contributed by atoms with Crippen LogP contribution >= 0.6 is 0 Å². The molecule has 1 saturated carbocycles. The van der Waals surface area contributed by atoms with Crippen molar-refractivity contribution in [2.45, 2.75) is 44.4 Å². The largest absolute Gasteiger partial charge is 0.338 e. The second-order valence-electron chi connectivity index (χ2n) is 5.90. The van der Waals surface area contributed by atoms with Gasteiger partial charge in [-0.05, 0) is 25.2 Å². The molecule has 5 nitrogen and oxygen atoms in total. The Morgan fingerprint density at radius 3 is 2.80 bits per heavy atom. The van der Waals surface area contributed by atoms with Gasteiger partial charge in [-0.3, -0.25) is 9.07 Å². The minimum atomic E-state index is -0.345. The summed E-state index contributed by atoms with van der Waals surface area (Å²) in [6, 6.07) is 0. The van der Waals surface area contributed by atoms with Crippen molar-refractivity contribution in [2.24, 2.45) is 7.05 Å². The molecule has 0 amide bonds. The zero-order valence-electron chi connectivity index (χ0n) is 12.1. The molecule has 0 bridgehead atoms. The summed E-state index contributed by atoms with van der Waals surface area (Å²) in [6.45, 7) is 3.82. The number of nitrogens with zero attached hydrogens (tertiary/aromatic N) is 4. The molecule has 2 aromatic rings. The predicted molar refractivity (Wildman–Crippen MR) is 72.1 cm³/mol. The molecule has 0 unspecified atom stereocenters. The minimum Gasteiger partial charge on any atom is -0.338 e. The van der Waals surface area contributed by atoms with Crippen LogP contribution in [-0.2, 0) is 12.5 Å². The Morgan fingerprint density at radius 2 is 2.20 bits per heavy atom. The summed E-state index contributed by atoms with van der Waals surface area (Å²) in [5.74, 6) is 1.42. The highest BCUT2D eigenvalue weighted by Gasteiger charge is 2.49. The zero-order chi connectivity index (χ0) is 14.3. The fourth-order valence-corrected chi connectivity index (χ4v) is 2.56. The van der Waals surface area contributed by atoms with Gasteiger partial charge >= 0.3 is 0 Å². The number of halogens is 1. The Hall–Kier alpha value is -1.72. The van der Waals surface area contributed by atoms with Crippen molar-refractivity contribution in [3.05, 3.63) is 17.8 Å². The van der Waals surface area contributed by atoms with Crippen molar-refractivity contribution in [3.8, 4) is 11.4 Å². The smallest absolute Gasteiger partial charge is 0.233 e. The molecule has 0 saturated heterocycles. The van der Waals surface area contributed by atoms with Crippen LogP contribution in [0.25, 0.3) is 11.4 Å². The van der Waals surface area contributed by atoms with Crippen LogP contribution in [0.2, 0.25) is 0 Å². The van der Waals surface area contributed by atoms with E-state index in [1.54, 1.807) is 4.68 Å². The van der Waals surface area contributed by atoms with Gasteiger partial charge in [0.25, 0.3) is 0 Å². The van der Waals surface area contributed by atoms with Crippen LogP contribution in [0.3, 0.4) is 0 Å². The first kappa shape index (κ1) is 13.3. The highest BCUT2D eigenvalue weighted by atomic mass is 19.1. The van der Waals surface area contributed by atoms with Crippen molar-refractivity contribution in [1.29, 1.82) is 0 Å². The van der Waals surface area contributed by atoms with Gasteiger partial charge in [0.2, 0.25) is 11.7 Å². The molecule has 0 aliphatic heterocycles. The van der Waals surface area contributed by atoms with Crippen LogP contribution < -0.4 is 0 Å². The summed E-state index contributed by atoms with van der Waals surface area (Å²) in [5, 5.41) is 8.51. The Morgan fingerprint density at radius 1 is 1.45 bits per heavy atom. The van der Waals surface area contributed by atoms with Gasteiger partial charge < -0.3 is 4.52 Å². The van der Waals surface area contributed by atoms with Crippen molar-refractivity contribution < 1.29 is 8.91 Å². The Balaban J connectivity index is 1.95. The summed E-state index contributed by atoms with van der Waals surface area (Å²) in [4.78, 5) is 4.49. The lowest BCUT2D eigenvalue weighted by molar-refractivity contribution is 0.320. The van der Waals surface area contributed by atoms with Crippen LogP contribution in [0.4, 0.5) is 4.39 Å². The van der Waals surface area contributed by atoms with E-state index in [4.69, 9.17) is 4.52 Å². The third-order valence-corrected chi connectivity index (χ3v) is 3.95. The van der Waals surface area contributed by atoms with Gasteiger partial charge in [0.1, 0.15) is 0 Å². The number of alkyl halides is 1. The van der Waals surface area contributed by atoms with E-state index >= 15 is 0 Å². The number of rotatable bonds is 5. The molecular formula is C14H19FN4O. The number of hydrogen-bond acceptors (Lipinski definition) is 4. The average Bonchev–Trinajstić information content (AvgIpc) is 2.88. The summed E-state index contributed by atoms with van der Waals surface area (Å²) >= 11 is 0. The summed E-state index contributed by atoms with van der Waals surface area (Å²) < 4.78 is 19.8. The fourth-order valence-electron chi connectivity index (χ4n) is 2.56. The quantitative estimate of drug-likeness (QED) is 0.843. The van der Waals surface area contributed by atoms with Crippen molar-refractivity contribution in [2.75, 3.05) is 6.67 Å². The van der Waals surface area contributed by atoms with Gasteiger partial charge in [-0.25, -0.2) is 0 Å². The standard InChI is InChI=1S/C14H19FN4O/c1-9(2)11-10(8-19(3)17-11)12-16-13(20-18-12)14(4-5-14)6-7-15/h8-9H,4-7H2,1-3H3. The van der Waals surface area contributed by atoms with Crippen LogP contribution in [0, 0.1) is 0 Å². The monoisotopic (exact) mass is 278 g/mol. The topological polar surface area (TPSA) is 56.7 Å². The third-order valence-electron chi connectivity index (χ3n) is 3.95. The Bertz CT molecular complexity index is 612. The van der Waals surface area contributed by atoms with Gasteiger partial charge in [0, 0.05) is 13.2 Å². The molecule has 2 heterocycles. The van der Waals surface area contributed by atoms with Crippen LogP contribution in [0.15, 0.2) is 10.7 Å². The third kappa shape index (κ3) is 2.13. The van der Waals surface area contributed by atoms with E-state index < -0.39 is 0 Å². The lowest BCUT2D eigenvalue weighted by atomic mass is 10.0. The molecule has 0 spiro atoms. The summed E-state index contributed by atoms with van der Waals surface area (Å²) in [6.07, 6.45) is 4.24. The molecular weight excluding hydrogens is 259 g/mol. The van der Waals surface area contributed by atoms with Crippen molar-refractivity contribution in [1.82, 2.24) is 19.9 Å².